The average Bonchev–Trinajstić information content (AvgIpc) is 2.53. The minimum Gasteiger partial charge on any atom is -0.295 e. The molecule has 4 nitrogen and oxygen atoms in total. The SMILES string of the molecule is CC(=O)c1ccc(S(=O)(=O)N(C)c2cc(C(F)(F)F)ccc2Cl)cc1. The van der Waals surface area contributed by atoms with E-state index in [1.54, 1.807) is 0 Å². The van der Waals surface area contributed by atoms with Crippen molar-refractivity contribution < 1.29 is 26.4 Å². The molecule has 2 aromatic carbocycles. The predicted molar refractivity (Wildman–Crippen MR) is 88.5 cm³/mol. The summed E-state index contributed by atoms with van der Waals surface area (Å²) in [5, 5.41) is -0.139. The zero-order valence-electron chi connectivity index (χ0n) is 13.1. The minimum absolute atomic E-state index is 0.139. The smallest absolute Gasteiger partial charge is 0.295 e. The summed E-state index contributed by atoms with van der Waals surface area (Å²) in [6.07, 6.45) is -4.63. The summed E-state index contributed by atoms with van der Waals surface area (Å²) in [7, 11) is -3.04. The Bertz CT molecular complexity index is 909. The quantitative estimate of drug-likeness (QED) is 0.726. The lowest BCUT2D eigenvalue weighted by Crippen LogP contribution is -2.27. The van der Waals surface area contributed by atoms with Crippen molar-refractivity contribution in [3.05, 3.63) is 58.6 Å². The monoisotopic (exact) mass is 391 g/mol. The highest BCUT2D eigenvalue weighted by atomic mass is 35.5. The fraction of sp³-hybridized carbons (Fsp3) is 0.188. The molecule has 0 unspecified atom stereocenters. The molecular weight excluding hydrogens is 379 g/mol. The molecule has 0 radical (unpaired) electrons. The Morgan fingerprint density at radius 2 is 1.64 bits per heavy atom. The Labute approximate surface area is 147 Å². The first-order chi connectivity index (χ1) is 11.4. The zero-order valence-corrected chi connectivity index (χ0v) is 14.7. The van der Waals surface area contributed by atoms with E-state index in [-0.39, 0.29) is 21.4 Å². The van der Waals surface area contributed by atoms with Gasteiger partial charge in [-0.25, -0.2) is 8.42 Å². The summed E-state index contributed by atoms with van der Waals surface area (Å²) in [4.78, 5) is 11.1. The number of hydrogen-bond acceptors (Lipinski definition) is 3. The van der Waals surface area contributed by atoms with Crippen LogP contribution in [-0.4, -0.2) is 21.2 Å². The topological polar surface area (TPSA) is 54.5 Å². The molecular formula is C16H13ClF3NO3S. The van der Waals surface area contributed by atoms with E-state index in [0.29, 0.717) is 15.9 Å². The van der Waals surface area contributed by atoms with Gasteiger partial charge in [0.1, 0.15) is 0 Å². The normalized spacial score (nSPS) is 12.1. The summed E-state index contributed by atoms with van der Waals surface area (Å²) in [5.41, 5.74) is -0.994. The van der Waals surface area contributed by atoms with E-state index in [0.717, 1.165) is 19.2 Å². The Kier molecular flexibility index (Phi) is 5.15. The summed E-state index contributed by atoms with van der Waals surface area (Å²) in [6.45, 7) is 1.33. The van der Waals surface area contributed by atoms with Crippen LogP contribution in [0.15, 0.2) is 47.4 Å². The van der Waals surface area contributed by atoms with Crippen LogP contribution in [-0.2, 0) is 16.2 Å². The molecule has 0 aliphatic heterocycles. The van der Waals surface area contributed by atoms with Gasteiger partial charge in [0.2, 0.25) is 0 Å². The van der Waals surface area contributed by atoms with Crippen molar-refractivity contribution in [3.8, 4) is 0 Å². The van der Waals surface area contributed by atoms with Crippen LogP contribution in [0.4, 0.5) is 18.9 Å². The van der Waals surface area contributed by atoms with Crippen molar-refractivity contribution in [2.45, 2.75) is 18.0 Å². The fourth-order valence-corrected chi connectivity index (χ4v) is 3.58. The van der Waals surface area contributed by atoms with Crippen molar-refractivity contribution >= 4 is 33.1 Å². The van der Waals surface area contributed by atoms with Crippen LogP contribution in [0.2, 0.25) is 5.02 Å². The molecule has 0 aliphatic carbocycles. The van der Waals surface area contributed by atoms with Crippen LogP contribution in [0.25, 0.3) is 0 Å². The minimum atomic E-state index is -4.63. The van der Waals surface area contributed by atoms with Gasteiger partial charge in [-0.05, 0) is 37.3 Å². The number of ketones is 1. The number of hydrogen-bond donors (Lipinski definition) is 0. The number of alkyl halides is 3. The maximum absolute atomic E-state index is 12.9. The highest BCUT2D eigenvalue weighted by Crippen LogP contribution is 2.36. The number of rotatable bonds is 4. The number of benzene rings is 2. The maximum Gasteiger partial charge on any atom is 0.416 e. The number of Topliss-reactive ketones (excluding diaryl/α,β-unsaturated/α-hetero) is 1. The van der Waals surface area contributed by atoms with Gasteiger partial charge < -0.3 is 0 Å². The van der Waals surface area contributed by atoms with E-state index in [4.69, 9.17) is 11.6 Å². The molecule has 2 rings (SSSR count). The third-order valence-corrected chi connectivity index (χ3v) is 5.64. The van der Waals surface area contributed by atoms with E-state index in [1.165, 1.54) is 31.2 Å². The molecule has 0 fully saturated rings. The largest absolute Gasteiger partial charge is 0.416 e. The molecule has 0 amide bonds. The van der Waals surface area contributed by atoms with Crippen molar-refractivity contribution in [2.75, 3.05) is 11.4 Å². The van der Waals surface area contributed by atoms with Crippen molar-refractivity contribution in [3.63, 3.8) is 0 Å². The molecule has 0 bridgehead atoms. The van der Waals surface area contributed by atoms with Gasteiger partial charge >= 0.3 is 6.18 Å². The van der Waals surface area contributed by atoms with E-state index >= 15 is 0 Å². The van der Waals surface area contributed by atoms with E-state index < -0.39 is 21.8 Å². The standard InChI is InChI=1S/C16H13ClF3NO3S/c1-10(22)11-3-6-13(7-4-11)25(23,24)21(2)15-9-12(16(18,19)20)5-8-14(15)17/h3-9H,1-2H3. The second-order valence-electron chi connectivity index (χ2n) is 5.22. The predicted octanol–water partition coefficient (Wildman–Crippen LogP) is 4.39. The zero-order chi connectivity index (χ0) is 19.0. The summed E-state index contributed by atoms with van der Waals surface area (Å²) in [6, 6.07) is 7.52. The number of halogens is 4. The maximum atomic E-state index is 12.9. The molecule has 0 saturated heterocycles. The number of nitrogens with zero attached hydrogens (tertiary/aromatic N) is 1. The second kappa shape index (κ2) is 6.68. The van der Waals surface area contributed by atoms with Gasteiger partial charge in [0.15, 0.2) is 5.78 Å². The van der Waals surface area contributed by atoms with Gasteiger partial charge in [-0.15, -0.1) is 0 Å². The summed E-state index contributed by atoms with van der Waals surface area (Å²) in [5.74, 6) is -0.238. The Hall–Kier alpha value is -2.06. The van der Waals surface area contributed by atoms with E-state index in [9.17, 15) is 26.4 Å². The van der Waals surface area contributed by atoms with E-state index in [2.05, 4.69) is 0 Å². The molecule has 9 heteroatoms. The molecule has 25 heavy (non-hydrogen) atoms. The molecule has 2 aromatic rings. The van der Waals surface area contributed by atoms with Gasteiger partial charge in [0, 0.05) is 12.6 Å². The van der Waals surface area contributed by atoms with Crippen molar-refractivity contribution in [2.24, 2.45) is 0 Å². The third-order valence-electron chi connectivity index (χ3n) is 3.53. The molecule has 134 valence electrons. The number of anilines is 1. The average molecular weight is 392 g/mol. The summed E-state index contributed by atoms with van der Waals surface area (Å²) >= 11 is 5.88. The Morgan fingerprint density at radius 3 is 2.12 bits per heavy atom. The molecule has 0 spiro atoms. The van der Waals surface area contributed by atoms with Crippen molar-refractivity contribution in [1.82, 2.24) is 0 Å². The molecule has 0 aliphatic rings. The van der Waals surface area contributed by atoms with Crippen LogP contribution < -0.4 is 4.31 Å². The molecule has 0 aromatic heterocycles. The number of sulfonamides is 1. The van der Waals surface area contributed by atoms with Gasteiger partial charge in [-0.3, -0.25) is 9.10 Å². The summed E-state index contributed by atoms with van der Waals surface area (Å²) < 4.78 is 64.5. The van der Waals surface area contributed by atoms with Crippen molar-refractivity contribution in [1.29, 1.82) is 0 Å². The number of carbonyl (C=O) groups excluding carboxylic acids is 1. The lowest BCUT2D eigenvalue weighted by Gasteiger charge is -2.22. The van der Waals surface area contributed by atoms with Crippen LogP contribution in [0.1, 0.15) is 22.8 Å². The first-order valence-corrected chi connectivity index (χ1v) is 8.73. The van der Waals surface area contributed by atoms with Gasteiger partial charge in [0.05, 0.1) is 21.2 Å². The highest BCUT2D eigenvalue weighted by Gasteiger charge is 2.32. The molecule has 0 N–H and O–H groups in total. The van der Waals surface area contributed by atoms with Gasteiger partial charge in [-0.1, -0.05) is 23.7 Å². The number of carbonyl (C=O) groups is 1. The highest BCUT2D eigenvalue weighted by molar-refractivity contribution is 7.92. The van der Waals surface area contributed by atoms with Crippen LogP contribution >= 0.6 is 11.6 Å². The molecule has 0 saturated carbocycles. The lowest BCUT2D eigenvalue weighted by atomic mass is 10.2. The Morgan fingerprint density at radius 1 is 1.08 bits per heavy atom. The Balaban J connectivity index is 2.48. The molecule has 0 heterocycles. The fourth-order valence-electron chi connectivity index (χ4n) is 2.08. The lowest BCUT2D eigenvalue weighted by molar-refractivity contribution is -0.137. The van der Waals surface area contributed by atoms with Crippen LogP contribution in [0.5, 0.6) is 0 Å². The van der Waals surface area contributed by atoms with E-state index in [1.807, 2.05) is 0 Å². The van der Waals surface area contributed by atoms with Crippen LogP contribution in [0, 0.1) is 0 Å². The van der Waals surface area contributed by atoms with Crippen LogP contribution in [0.3, 0.4) is 0 Å². The first-order valence-electron chi connectivity index (χ1n) is 6.91. The first kappa shape index (κ1) is 19.3. The van der Waals surface area contributed by atoms with Gasteiger partial charge in [-0.2, -0.15) is 13.2 Å². The molecule has 0 atom stereocenters. The third kappa shape index (κ3) is 3.96. The second-order valence-corrected chi connectivity index (χ2v) is 7.59. The van der Waals surface area contributed by atoms with Gasteiger partial charge in [0.25, 0.3) is 10.0 Å².